The molecule has 0 aromatic heterocycles. The largest absolute Gasteiger partial charge is 0.479 e. The first-order valence-corrected chi connectivity index (χ1v) is 10.2. The van der Waals surface area contributed by atoms with Crippen molar-refractivity contribution in [1.82, 2.24) is 4.90 Å². The van der Waals surface area contributed by atoms with Crippen LogP contribution in [-0.4, -0.2) is 87.7 Å². The van der Waals surface area contributed by atoms with Crippen molar-refractivity contribution in [1.29, 1.82) is 0 Å². The van der Waals surface area contributed by atoms with Crippen LogP contribution in [-0.2, 0) is 15.1 Å². The molecule has 7 atom stereocenters. The van der Waals surface area contributed by atoms with Gasteiger partial charge in [-0.2, -0.15) is 0 Å². The first-order chi connectivity index (χ1) is 14.1. The van der Waals surface area contributed by atoms with Gasteiger partial charge in [0, 0.05) is 12.5 Å². The Kier molecular flexibility index (Phi) is 7.01. The molecular weight excluding hydrogens is 394 g/mol. The number of aliphatic hydroxyl groups excluding tert-OH is 3. The highest BCUT2D eigenvalue weighted by atomic mass is 16.7. The van der Waals surface area contributed by atoms with Crippen molar-refractivity contribution < 1.29 is 39.8 Å². The smallest absolute Gasteiger partial charge is 0.335 e. The van der Waals surface area contributed by atoms with E-state index in [-0.39, 0.29) is 11.7 Å². The Hall–Kier alpha value is -1.75. The molecule has 0 spiro atoms. The predicted molar refractivity (Wildman–Crippen MR) is 106 cm³/mol. The summed E-state index contributed by atoms with van der Waals surface area (Å²) in [5, 5.41) is 50.6. The molecule has 9 heteroatoms. The number of carbonyl (C=O) groups is 1. The van der Waals surface area contributed by atoms with Gasteiger partial charge in [0.15, 0.2) is 6.10 Å². The van der Waals surface area contributed by atoms with E-state index >= 15 is 0 Å². The molecule has 2 aliphatic rings. The molecule has 0 amide bonds. The van der Waals surface area contributed by atoms with Crippen molar-refractivity contribution in [3.05, 3.63) is 29.8 Å². The van der Waals surface area contributed by atoms with E-state index < -0.39 is 42.3 Å². The second-order valence-corrected chi connectivity index (χ2v) is 8.51. The molecule has 1 aliphatic heterocycles. The number of aliphatic hydroxyl groups is 4. The van der Waals surface area contributed by atoms with Gasteiger partial charge in [-0.1, -0.05) is 25.0 Å². The van der Waals surface area contributed by atoms with Gasteiger partial charge in [0.25, 0.3) is 0 Å². The average molecular weight is 425 g/mol. The maximum Gasteiger partial charge on any atom is 0.335 e. The molecule has 5 N–H and O–H groups in total. The summed E-state index contributed by atoms with van der Waals surface area (Å²) in [6, 6.07) is 6.77. The minimum atomic E-state index is -1.78. The molecule has 3 rings (SSSR count). The molecule has 30 heavy (non-hydrogen) atoms. The second kappa shape index (κ2) is 9.17. The number of rotatable bonds is 6. The van der Waals surface area contributed by atoms with Gasteiger partial charge in [-0.05, 0) is 44.6 Å². The van der Waals surface area contributed by atoms with E-state index in [1.807, 2.05) is 25.1 Å². The van der Waals surface area contributed by atoms with Gasteiger partial charge in [-0.25, -0.2) is 4.79 Å². The van der Waals surface area contributed by atoms with Crippen LogP contribution in [0.4, 0.5) is 0 Å². The quantitative estimate of drug-likeness (QED) is 0.422. The van der Waals surface area contributed by atoms with Crippen LogP contribution in [0.25, 0.3) is 0 Å². The highest BCUT2D eigenvalue weighted by molar-refractivity contribution is 5.73. The van der Waals surface area contributed by atoms with E-state index in [0.29, 0.717) is 12.0 Å². The molecule has 1 unspecified atom stereocenters. The topological polar surface area (TPSA) is 140 Å². The number of hydrogen-bond acceptors (Lipinski definition) is 8. The van der Waals surface area contributed by atoms with Gasteiger partial charge in [-0.3, -0.25) is 0 Å². The zero-order chi connectivity index (χ0) is 22.1. The number of benzene rings is 1. The summed E-state index contributed by atoms with van der Waals surface area (Å²) >= 11 is 0. The van der Waals surface area contributed by atoms with Crippen molar-refractivity contribution >= 4 is 5.97 Å². The van der Waals surface area contributed by atoms with Crippen molar-refractivity contribution in [2.24, 2.45) is 5.92 Å². The highest BCUT2D eigenvalue weighted by Crippen LogP contribution is 2.43. The fraction of sp³-hybridized carbons (Fsp3) is 0.667. The van der Waals surface area contributed by atoms with Crippen LogP contribution in [0.2, 0.25) is 0 Å². The maximum atomic E-state index is 11.5. The SMILES string of the molecule is CN(C)C[C@H]1CCCC[C@]1(O)c1cccc(OC2O[C@H](C(=O)O)[C@@H](O)[C@H](O)[C@H]2O)c1. The van der Waals surface area contributed by atoms with Gasteiger partial charge in [0.05, 0.1) is 5.60 Å². The Morgan fingerprint density at radius 3 is 2.60 bits per heavy atom. The fourth-order valence-corrected chi connectivity index (χ4v) is 4.41. The normalized spacial score (nSPS) is 37.2. The van der Waals surface area contributed by atoms with E-state index in [9.17, 15) is 30.3 Å². The van der Waals surface area contributed by atoms with Gasteiger partial charge in [-0.15, -0.1) is 0 Å². The molecule has 168 valence electrons. The zero-order valence-corrected chi connectivity index (χ0v) is 17.2. The molecule has 1 aromatic carbocycles. The summed E-state index contributed by atoms with van der Waals surface area (Å²) in [6.07, 6.45) is -4.91. The van der Waals surface area contributed by atoms with Crippen LogP contribution in [0, 0.1) is 5.92 Å². The van der Waals surface area contributed by atoms with Crippen LogP contribution in [0.1, 0.15) is 31.2 Å². The lowest BCUT2D eigenvalue weighted by Gasteiger charge is -2.42. The third kappa shape index (κ3) is 4.61. The molecule has 0 bridgehead atoms. The maximum absolute atomic E-state index is 11.5. The van der Waals surface area contributed by atoms with Crippen molar-refractivity contribution in [2.45, 2.75) is 62.0 Å². The monoisotopic (exact) mass is 425 g/mol. The molecule has 1 saturated carbocycles. The molecular formula is C21H31NO8. The minimum Gasteiger partial charge on any atom is -0.479 e. The van der Waals surface area contributed by atoms with Crippen LogP contribution < -0.4 is 4.74 Å². The molecule has 1 aliphatic carbocycles. The average Bonchev–Trinajstić information content (AvgIpc) is 2.70. The Bertz CT molecular complexity index is 743. The number of ether oxygens (including phenoxy) is 2. The van der Waals surface area contributed by atoms with Crippen molar-refractivity contribution in [3.8, 4) is 5.75 Å². The first kappa shape index (κ1) is 22.9. The molecule has 1 heterocycles. The third-order valence-corrected chi connectivity index (χ3v) is 6.02. The summed E-state index contributed by atoms with van der Waals surface area (Å²) in [7, 11) is 3.93. The van der Waals surface area contributed by atoms with Gasteiger partial charge in [0.1, 0.15) is 24.1 Å². The number of carboxylic acids is 1. The molecule has 9 nitrogen and oxygen atoms in total. The van der Waals surface area contributed by atoms with E-state index in [1.54, 1.807) is 18.2 Å². The Morgan fingerprint density at radius 2 is 1.93 bits per heavy atom. The molecule has 2 fully saturated rings. The second-order valence-electron chi connectivity index (χ2n) is 8.51. The molecule has 0 radical (unpaired) electrons. The lowest BCUT2D eigenvalue weighted by Crippen LogP contribution is -2.61. The van der Waals surface area contributed by atoms with Crippen molar-refractivity contribution in [3.63, 3.8) is 0 Å². The lowest BCUT2D eigenvalue weighted by molar-refractivity contribution is -0.271. The zero-order valence-electron chi connectivity index (χ0n) is 17.2. The van der Waals surface area contributed by atoms with Gasteiger partial charge < -0.3 is 39.9 Å². The number of hydrogen-bond donors (Lipinski definition) is 5. The third-order valence-electron chi connectivity index (χ3n) is 6.02. The molecule has 1 saturated heterocycles. The van der Waals surface area contributed by atoms with E-state index in [0.717, 1.165) is 25.8 Å². The number of carboxylic acid groups (broad SMARTS) is 1. The fourth-order valence-electron chi connectivity index (χ4n) is 4.41. The number of aliphatic carboxylic acids is 1. The molecule has 1 aromatic rings. The lowest BCUT2D eigenvalue weighted by atomic mass is 9.71. The standard InChI is InChI=1S/C21H31NO8/c1-22(2)11-13-6-3-4-9-21(13,28)12-7-5-8-14(10-12)29-20-17(25)15(23)16(24)18(30-20)19(26)27/h5,7-8,10,13,15-18,20,23-25,28H,3-4,6,9,11H2,1-2H3,(H,26,27)/t13-,15+,16+,17-,18+,20?,21+/m1/s1. The van der Waals surface area contributed by atoms with Gasteiger partial charge in [0.2, 0.25) is 6.29 Å². The van der Waals surface area contributed by atoms with Crippen molar-refractivity contribution in [2.75, 3.05) is 20.6 Å². The van der Waals surface area contributed by atoms with Gasteiger partial charge >= 0.3 is 5.97 Å². The highest BCUT2D eigenvalue weighted by Gasteiger charge is 2.48. The van der Waals surface area contributed by atoms with E-state index in [2.05, 4.69) is 0 Å². The summed E-state index contributed by atoms with van der Waals surface area (Å²) < 4.78 is 10.8. The minimum absolute atomic E-state index is 0.0429. The van der Waals surface area contributed by atoms with E-state index in [4.69, 9.17) is 9.47 Å². The van der Waals surface area contributed by atoms with Crippen LogP contribution in [0.3, 0.4) is 0 Å². The Labute approximate surface area is 175 Å². The summed E-state index contributed by atoms with van der Waals surface area (Å²) in [4.78, 5) is 13.3. The summed E-state index contributed by atoms with van der Waals surface area (Å²) in [6.45, 7) is 0.733. The first-order valence-electron chi connectivity index (χ1n) is 10.2. The van der Waals surface area contributed by atoms with Crippen LogP contribution >= 0.6 is 0 Å². The summed E-state index contributed by atoms with van der Waals surface area (Å²) in [5.41, 5.74) is -0.361. The van der Waals surface area contributed by atoms with Crippen LogP contribution in [0.15, 0.2) is 24.3 Å². The Balaban J connectivity index is 1.82. The van der Waals surface area contributed by atoms with Crippen LogP contribution in [0.5, 0.6) is 5.75 Å². The Morgan fingerprint density at radius 1 is 1.20 bits per heavy atom. The van der Waals surface area contributed by atoms with E-state index in [1.165, 1.54) is 0 Å². The predicted octanol–water partition coefficient (Wildman–Crippen LogP) is -0.103. The number of nitrogens with zero attached hydrogens (tertiary/aromatic N) is 1. The summed E-state index contributed by atoms with van der Waals surface area (Å²) in [5.74, 6) is -1.17.